The topological polar surface area (TPSA) is 43.0 Å². The predicted molar refractivity (Wildman–Crippen MR) is 88.6 cm³/mol. The largest absolute Gasteiger partial charge is 0.500 e. The standard InChI is InChI=1S/C15H34N2O3Si/c1-5-15-14-16-10-12-17(15)11-9-13-21(18-6-2,19-7-3)20-8-4/h15-16H,5-14H2,1-4H3. The Bertz CT molecular complexity index is 252. The molecule has 1 atom stereocenters. The van der Waals surface area contributed by atoms with Gasteiger partial charge in [0.2, 0.25) is 0 Å². The Balaban J connectivity index is 2.47. The van der Waals surface area contributed by atoms with Crippen molar-refractivity contribution in [3.63, 3.8) is 0 Å². The number of piperazine rings is 1. The van der Waals surface area contributed by atoms with Gasteiger partial charge in [0.05, 0.1) is 0 Å². The van der Waals surface area contributed by atoms with Crippen molar-refractivity contribution in [1.29, 1.82) is 0 Å². The molecule has 0 bridgehead atoms. The third-order valence-electron chi connectivity index (χ3n) is 3.96. The Hall–Kier alpha value is 0.0169. The zero-order valence-electron chi connectivity index (χ0n) is 14.3. The molecule has 0 aliphatic carbocycles. The number of hydrogen-bond acceptors (Lipinski definition) is 5. The maximum Gasteiger partial charge on any atom is 0.500 e. The van der Waals surface area contributed by atoms with E-state index in [9.17, 15) is 0 Å². The highest BCUT2D eigenvalue weighted by Crippen LogP contribution is 2.19. The van der Waals surface area contributed by atoms with Gasteiger partial charge in [-0.25, -0.2) is 0 Å². The highest BCUT2D eigenvalue weighted by atomic mass is 28.4. The summed E-state index contributed by atoms with van der Waals surface area (Å²) in [7, 11) is -2.45. The van der Waals surface area contributed by atoms with E-state index in [-0.39, 0.29) is 0 Å². The summed E-state index contributed by atoms with van der Waals surface area (Å²) in [6.45, 7) is 14.8. The average Bonchev–Trinajstić information content (AvgIpc) is 2.48. The molecule has 1 fully saturated rings. The Labute approximate surface area is 131 Å². The second-order valence-corrected chi connectivity index (χ2v) is 8.12. The van der Waals surface area contributed by atoms with Crippen molar-refractivity contribution in [3.05, 3.63) is 0 Å². The molecule has 1 unspecified atom stereocenters. The molecule has 1 aliphatic rings. The quantitative estimate of drug-likeness (QED) is 0.591. The van der Waals surface area contributed by atoms with E-state index in [1.807, 2.05) is 20.8 Å². The molecular formula is C15H34N2O3Si. The van der Waals surface area contributed by atoms with E-state index in [1.54, 1.807) is 0 Å². The molecule has 0 saturated carbocycles. The van der Waals surface area contributed by atoms with Crippen LogP contribution >= 0.6 is 0 Å². The van der Waals surface area contributed by atoms with Gasteiger partial charge in [-0.05, 0) is 40.2 Å². The number of rotatable bonds is 11. The van der Waals surface area contributed by atoms with Gasteiger partial charge in [0.25, 0.3) is 0 Å². The zero-order valence-corrected chi connectivity index (χ0v) is 15.3. The molecule has 0 aromatic carbocycles. The van der Waals surface area contributed by atoms with Gasteiger partial charge >= 0.3 is 8.80 Å². The van der Waals surface area contributed by atoms with E-state index in [4.69, 9.17) is 13.3 Å². The lowest BCUT2D eigenvalue weighted by Gasteiger charge is -2.36. The first-order valence-corrected chi connectivity index (χ1v) is 10.5. The smallest absolute Gasteiger partial charge is 0.374 e. The van der Waals surface area contributed by atoms with E-state index in [1.165, 1.54) is 6.42 Å². The zero-order chi connectivity index (χ0) is 15.6. The van der Waals surface area contributed by atoms with Crippen molar-refractivity contribution in [1.82, 2.24) is 10.2 Å². The number of nitrogens with one attached hydrogen (secondary N) is 1. The first-order valence-electron chi connectivity index (χ1n) is 8.57. The molecule has 6 heteroatoms. The first-order chi connectivity index (χ1) is 10.2. The normalized spacial score (nSPS) is 20.9. The monoisotopic (exact) mass is 318 g/mol. The van der Waals surface area contributed by atoms with Gasteiger partial charge in [-0.15, -0.1) is 0 Å². The minimum absolute atomic E-state index is 0.664. The van der Waals surface area contributed by atoms with Crippen LogP contribution in [0.4, 0.5) is 0 Å². The molecule has 1 aliphatic heterocycles. The molecule has 1 saturated heterocycles. The lowest BCUT2D eigenvalue weighted by Crippen LogP contribution is -2.52. The summed E-state index contributed by atoms with van der Waals surface area (Å²) < 4.78 is 17.7. The summed E-state index contributed by atoms with van der Waals surface area (Å²) in [6.07, 6.45) is 2.29. The predicted octanol–water partition coefficient (Wildman–Crippen LogP) is 2.11. The molecule has 1 rings (SSSR count). The van der Waals surface area contributed by atoms with Gasteiger partial charge in [0.15, 0.2) is 0 Å². The van der Waals surface area contributed by atoms with Crippen LogP contribution in [0.1, 0.15) is 40.5 Å². The van der Waals surface area contributed by atoms with E-state index >= 15 is 0 Å². The maximum atomic E-state index is 5.92. The molecule has 1 N–H and O–H groups in total. The van der Waals surface area contributed by atoms with Gasteiger partial charge in [-0.3, -0.25) is 4.90 Å². The van der Waals surface area contributed by atoms with Gasteiger partial charge in [0, 0.05) is 51.5 Å². The van der Waals surface area contributed by atoms with Gasteiger partial charge in [0.1, 0.15) is 0 Å². The SMILES string of the molecule is CCO[Si](CCCN1CCNCC1CC)(OCC)OCC. The summed E-state index contributed by atoms with van der Waals surface area (Å²) >= 11 is 0. The minimum atomic E-state index is -2.45. The highest BCUT2D eigenvalue weighted by Gasteiger charge is 2.39. The summed E-state index contributed by atoms with van der Waals surface area (Å²) in [5.74, 6) is 0. The minimum Gasteiger partial charge on any atom is -0.374 e. The summed E-state index contributed by atoms with van der Waals surface area (Å²) in [5, 5.41) is 3.48. The third-order valence-corrected chi connectivity index (χ3v) is 7.12. The molecule has 0 spiro atoms. The molecule has 0 aromatic heterocycles. The Kier molecular flexibility index (Phi) is 9.71. The fourth-order valence-corrected chi connectivity index (χ4v) is 5.59. The van der Waals surface area contributed by atoms with Crippen molar-refractivity contribution < 1.29 is 13.3 Å². The van der Waals surface area contributed by atoms with Gasteiger partial charge < -0.3 is 18.6 Å². The van der Waals surface area contributed by atoms with E-state index in [0.29, 0.717) is 25.9 Å². The van der Waals surface area contributed by atoms with Crippen LogP contribution in [0.15, 0.2) is 0 Å². The first kappa shape index (κ1) is 19.1. The molecule has 0 radical (unpaired) electrons. The summed E-state index contributed by atoms with van der Waals surface area (Å²) in [4.78, 5) is 2.60. The van der Waals surface area contributed by atoms with E-state index in [0.717, 1.165) is 38.6 Å². The Morgan fingerprint density at radius 2 is 1.67 bits per heavy atom. The van der Waals surface area contributed by atoms with Crippen molar-refractivity contribution in [2.24, 2.45) is 0 Å². The molecule has 5 nitrogen and oxygen atoms in total. The van der Waals surface area contributed by atoms with Crippen LogP contribution < -0.4 is 5.32 Å². The second kappa shape index (κ2) is 10.7. The lowest BCUT2D eigenvalue weighted by atomic mass is 10.1. The maximum absolute atomic E-state index is 5.92. The third kappa shape index (κ3) is 6.34. The van der Waals surface area contributed by atoms with Crippen LogP contribution in [-0.4, -0.2) is 65.7 Å². The van der Waals surface area contributed by atoms with E-state index < -0.39 is 8.80 Å². The van der Waals surface area contributed by atoms with Crippen LogP contribution in [0.3, 0.4) is 0 Å². The van der Waals surface area contributed by atoms with Crippen LogP contribution in [0.2, 0.25) is 6.04 Å². The molecule has 0 aromatic rings. The Morgan fingerprint density at radius 3 is 2.19 bits per heavy atom. The van der Waals surface area contributed by atoms with E-state index in [2.05, 4.69) is 17.1 Å². The van der Waals surface area contributed by atoms with Crippen molar-refractivity contribution in [3.8, 4) is 0 Å². The van der Waals surface area contributed by atoms with Crippen LogP contribution in [0.5, 0.6) is 0 Å². The molecule has 126 valence electrons. The fourth-order valence-electron chi connectivity index (χ4n) is 3.00. The second-order valence-electron chi connectivity index (χ2n) is 5.39. The van der Waals surface area contributed by atoms with Crippen molar-refractivity contribution >= 4 is 8.80 Å². The molecular weight excluding hydrogens is 284 g/mol. The lowest BCUT2D eigenvalue weighted by molar-refractivity contribution is 0.0687. The van der Waals surface area contributed by atoms with Gasteiger partial charge in [-0.1, -0.05) is 6.92 Å². The van der Waals surface area contributed by atoms with Crippen molar-refractivity contribution in [2.75, 3.05) is 46.0 Å². The molecule has 0 amide bonds. The van der Waals surface area contributed by atoms with Crippen molar-refractivity contribution in [2.45, 2.75) is 52.6 Å². The summed E-state index contributed by atoms with van der Waals surface area (Å²) in [5.41, 5.74) is 0. The molecule has 1 heterocycles. The molecule has 21 heavy (non-hydrogen) atoms. The Morgan fingerprint density at radius 1 is 1.05 bits per heavy atom. The number of hydrogen-bond donors (Lipinski definition) is 1. The highest BCUT2D eigenvalue weighted by molar-refractivity contribution is 6.60. The van der Waals surface area contributed by atoms with Crippen LogP contribution in [-0.2, 0) is 13.3 Å². The number of nitrogens with zero attached hydrogens (tertiary/aromatic N) is 1. The average molecular weight is 319 g/mol. The fraction of sp³-hybridized carbons (Fsp3) is 1.00. The van der Waals surface area contributed by atoms with Gasteiger partial charge in [-0.2, -0.15) is 0 Å². The van der Waals surface area contributed by atoms with Crippen LogP contribution in [0, 0.1) is 0 Å². The van der Waals surface area contributed by atoms with Crippen LogP contribution in [0.25, 0.3) is 0 Å². The summed E-state index contributed by atoms with van der Waals surface area (Å²) in [6, 6.07) is 1.59.